The summed E-state index contributed by atoms with van der Waals surface area (Å²) in [6.07, 6.45) is 0. The minimum atomic E-state index is -0.249. The first-order valence-electron chi connectivity index (χ1n) is 6.66. The Balaban J connectivity index is 1.78. The first kappa shape index (κ1) is 13.7. The van der Waals surface area contributed by atoms with E-state index in [0.717, 1.165) is 22.8 Å². The molecule has 0 saturated carbocycles. The Morgan fingerprint density at radius 1 is 1.33 bits per heavy atom. The molecule has 0 radical (unpaired) electrons. The lowest BCUT2D eigenvalue weighted by atomic mass is 10.1. The van der Waals surface area contributed by atoms with Crippen LogP contribution >= 0.6 is 11.3 Å². The van der Waals surface area contributed by atoms with E-state index in [2.05, 4.69) is 15.6 Å². The second kappa shape index (κ2) is 6.01. The van der Waals surface area contributed by atoms with Crippen LogP contribution in [0.2, 0.25) is 0 Å². The maximum absolute atomic E-state index is 11.5. The Labute approximate surface area is 126 Å². The summed E-state index contributed by atoms with van der Waals surface area (Å²) >= 11 is 1.38. The Bertz CT molecular complexity index is 657. The third-order valence-electron chi connectivity index (χ3n) is 2.90. The summed E-state index contributed by atoms with van der Waals surface area (Å²) < 4.78 is 11.1. The Hall–Kier alpha value is -2.28. The summed E-state index contributed by atoms with van der Waals surface area (Å²) in [4.78, 5) is 15.9. The van der Waals surface area contributed by atoms with Crippen molar-refractivity contribution >= 4 is 22.5 Å². The van der Waals surface area contributed by atoms with Gasteiger partial charge in [0.25, 0.3) is 0 Å². The van der Waals surface area contributed by atoms with Gasteiger partial charge in [0.2, 0.25) is 0 Å². The number of amides is 2. The molecule has 21 heavy (non-hydrogen) atoms. The molecule has 0 bridgehead atoms. The zero-order valence-electron chi connectivity index (χ0n) is 11.5. The van der Waals surface area contributed by atoms with E-state index in [1.165, 1.54) is 11.3 Å². The summed E-state index contributed by atoms with van der Waals surface area (Å²) in [5.41, 5.74) is 1.73. The minimum absolute atomic E-state index is 0.249. The van der Waals surface area contributed by atoms with E-state index in [4.69, 9.17) is 9.47 Å². The van der Waals surface area contributed by atoms with Gasteiger partial charge in [-0.2, -0.15) is 0 Å². The van der Waals surface area contributed by atoms with Gasteiger partial charge >= 0.3 is 6.03 Å². The van der Waals surface area contributed by atoms with Crippen LogP contribution in [-0.4, -0.2) is 30.8 Å². The van der Waals surface area contributed by atoms with Gasteiger partial charge in [-0.05, 0) is 25.1 Å². The Kier molecular flexibility index (Phi) is 3.92. The number of carbonyl (C=O) groups excluding carboxylic acids is 1. The molecule has 1 aliphatic rings. The number of ether oxygens (including phenoxy) is 2. The topological polar surface area (TPSA) is 72.5 Å². The number of nitrogens with zero attached hydrogens (tertiary/aromatic N) is 1. The third kappa shape index (κ3) is 3.08. The molecule has 0 spiro atoms. The molecule has 110 valence electrons. The molecule has 0 unspecified atom stereocenters. The van der Waals surface area contributed by atoms with Gasteiger partial charge in [-0.25, -0.2) is 9.78 Å². The lowest BCUT2D eigenvalue weighted by molar-refractivity contribution is 0.171. The number of fused-ring (bicyclic) bond motifs is 1. The first-order chi connectivity index (χ1) is 10.3. The molecule has 0 atom stereocenters. The lowest BCUT2D eigenvalue weighted by Crippen LogP contribution is -2.28. The van der Waals surface area contributed by atoms with Crippen LogP contribution in [0, 0.1) is 0 Å². The molecule has 0 saturated heterocycles. The van der Waals surface area contributed by atoms with Crippen LogP contribution in [0.4, 0.5) is 9.93 Å². The SMILES string of the molecule is CCNC(=O)Nc1nc(-c2ccc3c(c2)OCCO3)cs1. The summed E-state index contributed by atoms with van der Waals surface area (Å²) in [5.74, 6) is 1.48. The van der Waals surface area contributed by atoms with Crippen molar-refractivity contribution in [1.82, 2.24) is 10.3 Å². The zero-order chi connectivity index (χ0) is 14.7. The molecule has 7 heteroatoms. The predicted octanol–water partition coefficient (Wildman–Crippen LogP) is 2.72. The van der Waals surface area contributed by atoms with Crippen molar-refractivity contribution in [2.75, 3.05) is 25.1 Å². The Morgan fingerprint density at radius 2 is 2.14 bits per heavy atom. The van der Waals surface area contributed by atoms with E-state index in [1.807, 2.05) is 30.5 Å². The fourth-order valence-corrected chi connectivity index (χ4v) is 2.68. The third-order valence-corrected chi connectivity index (χ3v) is 3.66. The van der Waals surface area contributed by atoms with Crippen LogP contribution in [0.1, 0.15) is 6.92 Å². The molecule has 0 aliphatic carbocycles. The second-order valence-electron chi connectivity index (χ2n) is 4.38. The van der Waals surface area contributed by atoms with Crippen LogP contribution in [-0.2, 0) is 0 Å². The van der Waals surface area contributed by atoms with Gasteiger partial charge in [0.05, 0.1) is 5.69 Å². The van der Waals surface area contributed by atoms with Crippen molar-refractivity contribution in [2.45, 2.75) is 6.92 Å². The highest BCUT2D eigenvalue weighted by Crippen LogP contribution is 2.35. The van der Waals surface area contributed by atoms with Crippen molar-refractivity contribution in [1.29, 1.82) is 0 Å². The highest BCUT2D eigenvalue weighted by Gasteiger charge is 2.14. The van der Waals surface area contributed by atoms with E-state index in [9.17, 15) is 4.79 Å². The molecule has 3 rings (SSSR count). The van der Waals surface area contributed by atoms with Crippen LogP contribution in [0.15, 0.2) is 23.6 Å². The predicted molar refractivity (Wildman–Crippen MR) is 81.2 cm³/mol. The monoisotopic (exact) mass is 305 g/mol. The van der Waals surface area contributed by atoms with E-state index in [1.54, 1.807) is 0 Å². The molecule has 1 aromatic carbocycles. The summed E-state index contributed by atoms with van der Waals surface area (Å²) in [6, 6.07) is 5.46. The van der Waals surface area contributed by atoms with Gasteiger partial charge in [-0.3, -0.25) is 5.32 Å². The van der Waals surface area contributed by atoms with E-state index >= 15 is 0 Å². The summed E-state index contributed by atoms with van der Waals surface area (Å²) in [6.45, 7) is 3.56. The molecule has 2 amide bonds. The normalized spacial score (nSPS) is 12.8. The second-order valence-corrected chi connectivity index (χ2v) is 5.24. The standard InChI is InChI=1S/C14H15N3O3S/c1-2-15-13(18)17-14-16-10(8-21-14)9-3-4-11-12(7-9)20-6-5-19-11/h3-4,7-8H,2,5-6H2,1H3,(H2,15,16,17,18). The maximum atomic E-state index is 11.5. The number of carbonyl (C=O) groups is 1. The Morgan fingerprint density at radius 3 is 2.95 bits per heavy atom. The van der Waals surface area contributed by atoms with Crippen LogP contribution in [0.3, 0.4) is 0 Å². The summed E-state index contributed by atoms with van der Waals surface area (Å²) in [5, 5.41) is 7.82. The fourth-order valence-electron chi connectivity index (χ4n) is 1.97. The number of thiazole rings is 1. The number of nitrogens with one attached hydrogen (secondary N) is 2. The van der Waals surface area contributed by atoms with E-state index in [-0.39, 0.29) is 6.03 Å². The molecule has 1 aromatic heterocycles. The number of rotatable bonds is 3. The number of aromatic nitrogens is 1. The van der Waals surface area contributed by atoms with Crippen molar-refractivity contribution in [3.63, 3.8) is 0 Å². The molecular formula is C14H15N3O3S. The van der Waals surface area contributed by atoms with E-state index < -0.39 is 0 Å². The van der Waals surface area contributed by atoms with Crippen molar-refractivity contribution in [3.8, 4) is 22.8 Å². The maximum Gasteiger partial charge on any atom is 0.321 e. The van der Waals surface area contributed by atoms with Gasteiger partial charge in [0, 0.05) is 17.5 Å². The highest BCUT2D eigenvalue weighted by molar-refractivity contribution is 7.14. The van der Waals surface area contributed by atoms with Gasteiger partial charge in [0.1, 0.15) is 13.2 Å². The highest BCUT2D eigenvalue weighted by atomic mass is 32.1. The quantitative estimate of drug-likeness (QED) is 0.914. The number of urea groups is 1. The van der Waals surface area contributed by atoms with Crippen molar-refractivity contribution in [3.05, 3.63) is 23.6 Å². The molecule has 6 nitrogen and oxygen atoms in total. The number of anilines is 1. The van der Waals surface area contributed by atoms with Gasteiger partial charge < -0.3 is 14.8 Å². The van der Waals surface area contributed by atoms with Crippen molar-refractivity contribution in [2.24, 2.45) is 0 Å². The van der Waals surface area contributed by atoms with Crippen LogP contribution in [0.5, 0.6) is 11.5 Å². The largest absolute Gasteiger partial charge is 0.486 e. The van der Waals surface area contributed by atoms with Gasteiger partial charge in [-0.1, -0.05) is 0 Å². The summed E-state index contributed by atoms with van der Waals surface area (Å²) in [7, 11) is 0. The molecule has 1 aliphatic heterocycles. The van der Waals surface area contributed by atoms with Crippen LogP contribution in [0.25, 0.3) is 11.3 Å². The number of hydrogen-bond donors (Lipinski definition) is 2. The van der Waals surface area contributed by atoms with Gasteiger partial charge in [-0.15, -0.1) is 11.3 Å². The number of hydrogen-bond acceptors (Lipinski definition) is 5. The first-order valence-corrected chi connectivity index (χ1v) is 7.54. The number of benzene rings is 1. The molecule has 2 aromatic rings. The molecule has 2 heterocycles. The fraction of sp³-hybridized carbons (Fsp3) is 0.286. The smallest absolute Gasteiger partial charge is 0.321 e. The van der Waals surface area contributed by atoms with Gasteiger partial charge in [0.15, 0.2) is 16.6 Å². The average Bonchev–Trinajstić information content (AvgIpc) is 2.95. The zero-order valence-corrected chi connectivity index (χ0v) is 12.3. The van der Waals surface area contributed by atoms with Crippen LogP contribution < -0.4 is 20.1 Å². The molecule has 0 fully saturated rings. The van der Waals surface area contributed by atoms with Crippen molar-refractivity contribution < 1.29 is 14.3 Å². The molecular weight excluding hydrogens is 290 g/mol. The minimum Gasteiger partial charge on any atom is -0.486 e. The van der Waals surface area contributed by atoms with E-state index in [0.29, 0.717) is 24.9 Å². The molecule has 2 N–H and O–H groups in total. The lowest BCUT2D eigenvalue weighted by Gasteiger charge is -2.18. The average molecular weight is 305 g/mol.